The molecule has 0 unspecified atom stereocenters. The summed E-state index contributed by atoms with van der Waals surface area (Å²) in [5, 5.41) is 18.4. The molecule has 0 radical (unpaired) electrons. The highest BCUT2D eigenvalue weighted by Gasteiger charge is 2.10. The molecule has 0 spiro atoms. The van der Waals surface area contributed by atoms with E-state index in [0.717, 1.165) is 17.0 Å². The van der Waals surface area contributed by atoms with E-state index in [9.17, 15) is 0 Å². The van der Waals surface area contributed by atoms with Crippen molar-refractivity contribution in [3.05, 3.63) is 46.4 Å². The summed E-state index contributed by atoms with van der Waals surface area (Å²) >= 11 is 5.22. The molecule has 0 saturated carbocycles. The zero-order valence-electron chi connectivity index (χ0n) is 12.8. The van der Waals surface area contributed by atoms with Crippen LogP contribution in [0.5, 0.6) is 5.75 Å². The molecule has 0 amide bonds. The van der Waals surface area contributed by atoms with Crippen LogP contribution >= 0.6 is 12.2 Å². The molecule has 2 N–H and O–H groups in total. The summed E-state index contributed by atoms with van der Waals surface area (Å²) < 4.78 is 7.36. The van der Waals surface area contributed by atoms with Crippen LogP contribution in [-0.2, 0) is 0 Å². The maximum Gasteiger partial charge on any atom is 0.216 e. The molecule has 0 bridgehead atoms. The molecule has 2 heterocycles. The number of nitrogens with zero attached hydrogens (tertiary/aromatic N) is 4. The molecule has 0 fully saturated rings. The third-order valence-corrected chi connectivity index (χ3v) is 3.36. The maximum atomic E-state index is 5.42. The second-order valence-corrected chi connectivity index (χ2v) is 5.23. The van der Waals surface area contributed by atoms with Gasteiger partial charge in [0.2, 0.25) is 10.6 Å². The number of aryl methyl sites for hydroxylation is 1. The highest BCUT2D eigenvalue weighted by Crippen LogP contribution is 2.15. The molecule has 3 aromatic rings. The predicted octanol–water partition coefficient (Wildman–Crippen LogP) is 2.92. The van der Waals surface area contributed by atoms with Gasteiger partial charge in [-0.2, -0.15) is 20.0 Å². The van der Waals surface area contributed by atoms with Crippen molar-refractivity contribution < 1.29 is 4.74 Å². The molecule has 0 aliphatic rings. The first-order valence-corrected chi connectivity index (χ1v) is 7.55. The van der Waals surface area contributed by atoms with E-state index in [2.05, 4.69) is 25.5 Å². The summed E-state index contributed by atoms with van der Waals surface area (Å²) in [6.07, 6.45) is 1.71. The summed E-state index contributed by atoms with van der Waals surface area (Å²) in [6, 6.07) is 9.54. The number of nitrogens with one attached hydrogen (secondary N) is 2. The average molecular weight is 328 g/mol. The minimum Gasteiger partial charge on any atom is -0.494 e. The van der Waals surface area contributed by atoms with Crippen LogP contribution in [0.3, 0.4) is 0 Å². The van der Waals surface area contributed by atoms with Crippen LogP contribution in [0.1, 0.15) is 18.2 Å². The van der Waals surface area contributed by atoms with Crippen molar-refractivity contribution in [2.45, 2.75) is 13.8 Å². The molecular weight excluding hydrogens is 312 g/mol. The van der Waals surface area contributed by atoms with Gasteiger partial charge in [-0.3, -0.25) is 5.10 Å². The van der Waals surface area contributed by atoms with Gasteiger partial charge in [-0.15, -0.1) is 0 Å². The van der Waals surface area contributed by atoms with Gasteiger partial charge in [0.15, 0.2) is 0 Å². The summed E-state index contributed by atoms with van der Waals surface area (Å²) in [4.78, 5) is 0. The molecule has 0 saturated heterocycles. The maximum absolute atomic E-state index is 5.42. The van der Waals surface area contributed by atoms with Gasteiger partial charge in [0.05, 0.1) is 12.8 Å². The smallest absolute Gasteiger partial charge is 0.216 e. The van der Waals surface area contributed by atoms with Gasteiger partial charge in [-0.25, -0.2) is 5.10 Å². The van der Waals surface area contributed by atoms with Crippen LogP contribution in [0, 0.1) is 11.7 Å². The fourth-order valence-electron chi connectivity index (χ4n) is 2.04. The number of H-pyrrole nitrogens is 2. The number of rotatable bonds is 5. The molecule has 0 aliphatic heterocycles. The first-order chi connectivity index (χ1) is 11.2. The van der Waals surface area contributed by atoms with Gasteiger partial charge in [0.1, 0.15) is 11.4 Å². The van der Waals surface area contributed by atoms with Crippen molar-refractivity contribution >= 4 is 18.4 Å². The molecule has 1 aromatic carbocycles. The van der Waals surface area contributed by atoms with Crippen LogP contribution in [-0.4, -0.2) is 37.9 Å². The quantitative estimate of drug-likeness (QED) is 0.557. The van der Waals surface area contributed by atoms with Gasteiger partial charge in [-0.05, 0) is 62.0 Å². The number of aromatic nitrogens is 5. The topological polar surface area (TPSA) is 83.9 Å². The molecule has 8 heteroatoms. The standard InChI is InChI=1S/C15H16N6OS/c1-3-22-12-6-4-11(5-7-12)9-16-21-14(19-20-15(21)23)13-8-10(2)17-18-13/h4-9H,3H2,1-2H3,(H,17,18)(H,20,23)/b16-9-. The molecule has 7 nitrogen and oxygen atoms in total. The van der Waals surface area contributed by atoms with E-state index in [-0.39, 0.29) is 0 Å². The summed E-state index contributed by atoms with van der Waals surface area (Å²) in [5.74, 6) is 1.39. The Bertz CT molecular complexity index is 874. The molecule has 0 aliphatic carbocycles. The normalized spacial score (nSPS) is 11.2. The van der Waals surface area contributed by atoms with Crippen LogP contribution in [0.25, 0.3) is 11.5 Å². The number of benzene rings is 1. The third kappa shape index (κ3) is 3.37. The lowest BCUT2D eigenvalue weighted by Crippen LogP contribution is -1.96. The molecule has 23 heavy (non-hydrogen) atoms. The Morgan fingerprint density at radius 3 is 2.70 bits per heavy atom. The Morgan fingerprint density at radius 1 is 1.26 bits per heavy atom. The highest BCUT2D eigenvalue weighted by molar-refractivity contribution is 7.71. The van der Waals surface area contributed by atoms with Crippen molar-refractivity contribution in [3.8, 4) is 17.3 Å². The Hall–Kier alpha value is -2.74. The van der Waals surface area contributed by atoms with E-state index in [1.54, 1.807) is 10.9 Å². The Labute approximate surface area is 138 Å². The SMILES string of the molecule is CCOc1ccc(/C=N\n2c(-c3cc(C)[nH]n3)n[nH]c2=S)cc1. The van der Waals surface area contributed by atoms with E-state index in [4.69, 9.17) is 17.0 Å². The summed E-state index contributed by atoms with van der Waals surface area (Å²) in [5.41, 5.74) is 2.55. The Balaban J connectivity index is 1.88. The summed E-state index contributed by atoms with van der Waals surface area (Å²) in [6.45, 7) is 4.52. The van der Waals surface area contributed by atoms with Crippen LogP contribution in [0.4, 0.5) is 0 Å². The second-order valence-electron chi connectivity index (χ2n) is 4.85. The largest absolute Gasteiger partial charge is 0.494 e. The zero-order chi connectivity index (χ0) is 16.2. The minimum absolute atomic E-state index is 0.405. The number of hydrogen-bond donors (Lipinski definition) is 2. The molecule has 118 valence electrons. The monoisotopic (exact) mass is 328 g/mol. The molecular formula is C15H16N6OS. The fourth-order valence-corrected chi connectivity index (χ4v) is 2.22. The van der Waals surface area contributed by atoms with Crippen LogP contribution < -0.4 is 4.74 Å². The lowest BCUT2D eigenvalue weighted by atomic mass is 10.2. The minimum atomic E-state index is 0.405. The van der Waals surface area contributed by atoms with Gasteiger partial charge in [0, 0.05) is 5.69 Å². The lowest BCUT2D eigenvalue weighted by Gasteiger charge is -2.02. The van der Waals surface area contributed by atoms with Crippen LogP contribution in [0.15, 0.2) is 35.4 Å². The van der Waals surface area contributed by atoms with E-state index in [0.29, 0.717) is 22.9 Å². The van der Waals surface area contributed by atoms with Gasteiger partial charge in [0.25, 0.3) is 0 Å². The first-order valence-electron chi connectivity index (χ1n) is 7.14. The van der Waals surface area contributed by atoms with Crippen molar-refractivity contribution in [3.63, 3.8) is 0 Å². The predicted molar refractivity (Wildman–Crippen MR) is 90.3 cm³/mol. The van der Waals surface area contributed by atoms with E-state index >= 15 is 0 Å². The third-order valence-electron chi connectivity index (χ3n) is 3.10. The van der Waals surface area contributed by atoms with E-state index < -0.39 is 0 Å². The van der Waals surface area contributed by atoms with Gasteiger partial charge < -0.3 is 4.74 Å². The van der Waals surface area contributed by atoms with E-state index in [1.807, 2.05) is 44.2 Å². The van der Waals surface area contributed by atoms with Crippen molar-refractivity contribution in [1.29, 1.82) is 0 Å². The zero-order valence-corrected chi connectivity index (χ0v) is 13.6. The van der Waals surface area contributed by atoms with Gasteiger partial charge >= 0.3 is 0 Å². The molecule has 2 aromatic heterocycles. The Morgan fingerprint density at radius 2 is 2.04 bits per heavy atom. The number of aromatic amines is 2. The van der Waals surface area contributed by atoms with Gasteiger partial charge in [-0.1, -0.05) is 0 Å². The second kappa shape index (κ2) is 6.57. The van der Waals surface area contributed by atoms with Crippen molar-refractivity contribution in [2.24, 2.45) is 5.10 Å². The number of hydrogen-bond acceptors (Lipinski definition) is 5. The molecule has 0 atom stereocenters. The highest BCUT2D eigenvalue weighted by atomic mass is 32.1. The fraction of sp³-hybridized carbons (Fsp3) is 0.200. The van der Waals surface area contributed by atoms with E-state index in [1.165, 1.54) is 0 Å². The lowest BCUT2D eigenvalue weighted by molar-refractivity contribution is 0.340. The number of ether oxygens (including phenoxy) is 1. The van der Waals surface area contributed by atoms with Crippen LogP contribution in [0.2, 0.25) is 0 Å². The van der Waals surface area contributed by atoms with Crippen molar-refractivity contribution in [2.75, 3.05) is 6.61 Å². The first kappa shape index (κ1) is 15.2. The Kier molecular flexibility index (Phi) is 4.33. The summed E-state index contributed by atoms with van der Waals surface area (Å²) in [7, 11) is 0. The van der Waals surface area contributed by atoms with Crippen molar-refractivity contribution in [1.82, 2.24) is 25.1 Å². The average Bonchev–Trinajstić information content (AvgIpc) is 3.13. The molecule has 3 rings (SSSR count).